The average molecular weight is 231 g/mol. The fraction of sp³-hybridized carbons (Fsp3) is 1.00. The highest BCUT2D eigenvalue weighted by molar-refractivity contribution is 7.99. The molecule has 0 saturated carbocycles. The van der Waals surface area contributed by atoms with Gasteiger partial charge in [0.15, 0.2) is 0 Å². The molecule has 1 heterocycles. The quantitative estimate of drug-likeness (QED) is 0.728. The van der Waals surface area contributed by atoms with Crippen LogP contribution in [0.15, 0.2) is 0 Å². The van der Waals surface area contributed by atoms with Crippen molar-refractivity contribution in [2.24, 2.45) is 0 Å². The van der Waals surface area contributed by atoms with Gasteiger partial charge in [0, 0.05) is 17.9 Å². The summed E-state index contributed by atoms with van der Waals surface area (Å²) in [6.45, 7) is 6.67. The van der Waals surface area contributed by atoms with Gasteiger partial charge in [0.05, 0.1) is 6.10 Å². The van der Waals surface area contributed by atoms with Gasteiger partial charge >= 0.3 is 0 Å². The summed E-state index contributed by atoms with van der Waals surface area (Å²) in [7, 11) is 0. The second-order valence-corrected chi connectivity index (χ2v) is 5.84. The number of hydrogen-bond acceptors (Lipinski definition) is 3. The lowest BCUT2D eigenvalue weighted by atomic mass is 10.1. The fourth-order valence-electron chi connectivity index (χ4n) is 1.96. The molecule has 1 aliphatic heterocycles. The standard InChI is InChI=1S/C12H25NOS/c1-10(9-12-5-4-8-14-12)13-7-6-11(2)15-3/h10-13H,4-9H2,1-3H3. The Hall–Kier alpha value is 0.270. The lowest BCUT2D eigenvalue weighted by Crippen LogP contribution is -2.31. The summed E-state index contributed by atoms with van der Waals surface area (Å²) in [6.07, 6.45) is 7.64. The predicted octanol–water partition coefficient (Wildman–Crippen LogP) is 2.68. The molecule has 0 amide bonds. The molecule has 1 saturated heterocycles. The zero-order valence-corrected chi connectivity index (χ0v) is 11.1. The van der Waals surface area contributed by atoms with E-state index in [2.05, 4.69) is 25.4 Å². The molecule has 1 N–H and O–H groups in total. The van der Waals surface area contributed by atoms with E-state index in [1.54, 1.807) is 0 Å². The van der Waals surface area contributed by atoms with Crippen molar-refractivity contribution in [2.75, 3.05) is 19.4 Å². The van der Waals surface area contributed by atoms with E-state index in [1.807, 2.05) is 11.8 Å². The van der Waals surface area contributed by atoms with Crippen molar-refractivity contribution in [3.05, 3.63) is 0 Å². The Balaban J connectivity index is 2.00. The molecule has 1 aliphatic rings. The molecule has 0 aliphatic carbocycles. The molecule has 0 aromatic rings. The van der Waals surface area contributed by atoms with Gasteiger partial charge in [-0.2, -0.15) is 11.8 Å². The van der Waals surface area contributed by atoms with E-state index in [0.717, 1.165) is 18.4 Å². The van der Waals surface area contributed by atoms with Gasteiger partial charge in [-0.3, -0.25) is 0 Å². The van der Waals surface area contributed by atoms with Crippen LogP contribution in [-0.2, 0) is 4.74 Å². The van der Waals surface area contributed by atoms with E-state index in [0.29, 0.717) is 12.1 Å². The van der Waals surface area contributed by atoms with Gasteiger partial charge in [-0.25, -0.2) is 0 Å². The third kappa shape index (κ3) is 5.79. The van der Waals surface area contributed by atoms with Gasteiger partial charge < -0.3 is 10.1 Å². The summed E-state index contributed by atoms with van der Waals surface area (Å²) in [4.78, 5) is 0. The summed E-state index contributed by atoms with van der Waals surface area (Å²) in [5.41, 5.74) is 0. The maximum absolute atomic E-state index is 5.63. The monoisotopic (exact) mass is 231 g/mol. The Kier molecular flexibility index (Phi) is 6.69. The lowest BCUT2D eigenvalue weighted by Gasteiger charge is -2.18. The maximum atomic E-state index is 5.63. The van der Waals surface area contributed by atoms with Gasteiger partial charge in [0.1, 0.15) is 0 Å². The molecule has 0 spiro atoms. The minimum Gasteiger partial charge on any atom is -0.378 e. The molecule has 0 radical (unpaired) electrons. The topological polar surface area (TPSA) is 21.3 Å². The normalized spacial score (nSPS) is 25.4. The minimum atomic E-state index is 0.519. The van der Waals surface area contributed by atoms with Crippen LogP contribution in [0.5, 0.6) is 0 Å². The highest BCUT2D eigenvalue weighted by atomic mass is 32.2. The van der Waals surface area contributed by atoms with Gasteiger partial charge in [-0.1, -0.05) is 6.92 Å². The van der Waals surface area contributed by atoms with E-state index in [-0.39, 0.29) is 0 Å². The summed E-state index contributed by atoms with van der Waals surface area (Å²) < 4.78 is 5.63. The van der Waals surface area contributed by atoms with Crippen molar-refractivity contribution in [3.63, 3.8) is 0 Å². The average Bonchev–Trinajstić information content (AvgIpc) is 2.70. The van der Waals surface area contributed by atoms with Crippen LogP contribution in [0.3, 0.4) is 0 Å². The Bertz CT molecular complexity index is 160. The minimum absolute atomic E-state index is 0.519. The molecule has 1 rings (SSSR count). The van der Waals surface area contributed by atoms with Crippen molar-refractivity contribution in [1.29, 1.82) is 0 Å². The molecular weight excluding hydrogens is 206 g/mol. The first-order valence-corrected chi connectivity index (χ1v) is 7.39. The third-order valence-electron chi connectivity index (χ3n) is 3.09. The van der Waals surface area contributed by atoms with E-state index in [1.165, 1.54) is 25.7 Å². The van der Waals surface area contributed by atoms with Gasteiger partial charge in [0.25, 0.3) is 0 Å². The lowest BCUT2D eigenvalue weighted by molar-refractivity contribution is 0.0963. The van der Waals surface area contributed by atoms with Gasteiger partial charge in [0.2, 0.25) is 0 Å². The fourth-order valence-corrected chi connectivity index (χ4v) is 2.31. The van der Waals surface area contributed by atoms with Crippen LogP contribution in [0, 0.1) is 0 Å². The first kappa shape index (κ1) is 13.3. The Labute approximate surface area is 98.5 Å². The second-order valence-electron chi connectivity index (χ2n) is 4.56. The summed E-state index contributed by atoms with van der Waals surface area (Å²) in [5.74, 6) is 0. The molecule has 3 atom stereocenters. The van der Waals surface area contributed by atoms with Gasteiger partial charge in [-0.05, 0) is 45.4 Å². The summed E-state index contributed by atoms with van der Waals surface area (Å²) >= 11 is 1.94. The first-order chi connectivity index (χ1) is 7.22. The molecule has 0 aromatic carbocycles. The van der Waals surface area contributed by atoms with Crippen molar-refractivity contribution >= 4 is 11.8 Å². The summed E-state index contributed by atoms with van der Waals surface area (Å²) in [6, 6.07) is 0.599. The van der Waals surface area contributed by atoms with Crippen LogP contribution in [0.25, 0.3) is 0 Å². The second kappa shape index (κ2) is 7.53. The molecule has 0 bridgehead atoms. The molecule has 3 heteroatoms. The number of rotatable bonds is 7. The van der Waals surface area contributed by atoms with E-state index < -0.39 is 0 Å². The number of ether oxygens (including phenoxy) is 1. The van der Waals surface area contributed by atoms with Crippen molar-refractivity contribution in [3.8, 4) is 0 Å². The van der Waals surface area contributed by atoms with Crippen LogP contribution >= 0.6 is 11.8 Å². The molecule has 90 valence electrons. The van der Waals surface area contributed by atoms with Crippen LogP contribution in [0.2, 0.25) is 0 Å². The first-order valence-electron chi connectivity index (χ1n) is 6.10. The summed E-state index contributed by atoms with van der Waals surface area (Å²) in [5, 5.41) is 4.35. The van der Waals surface area contributed by atoms with Crippen LogP contribution in [0.4, 0.5) is 0 Å². The largest absolute Gasteiger partial charge is 0.378 e. The number of thioether (sulfide) groups is 1. The Morgan fingerprint density at radius 3 is 2.87 bits per heavy atom. The smallest absolute Gasteiger partial charge is 0.0590 e. The molecule has 2 nitrogen and oxygen atoms in total. The van der Waals surface area contributed by atoms with Crippen molar-refractivity contribution in [1.82, 2.24) is 5.32 Å². The molecule has 3 unspecified atom stereocenters. The van der Waals surface area contributed by atoms with Gasteiger partial charge in [-0.15, -0.1) is 0 Å². The molecular formula is C12H25NOS. The third-order valence-corrected chi connectivity index (χ3v) is 4.13. The predicted molar refractivity (Wildman–Crippen MR) is 68.6 cm³/mol. The highest BCUT2D eigenvalue weighted by Crippen LogP contribution is 2.17. The maximum Gasteiger partial charge on any atom is 0.0590 e. The molecule has 15 heavy (non-hydrogen) atoms. The van der Waals surface area contributed by atoms with E-state index in [4.69, 9.17) is 4.74 Å². The van der Waals surface area contributed by atoms with Crippen molar-refractivity contribution in [2.45, 2.75) is 56.9 Å². The molecule has 0 aromatic heterocycles. The Morgan fingerprint density at radius 1 is 1.47 bits per heavy atom. The van der Waals surface area contributed by atoms with Crippen molar-refractivity contribution < 1.29 is 4.74 Å². The SMILES string of the molecule is CSC(C)CCNC(C)CC1CCCO1. The van der Waals surface area contributed by atoms with Crippen LogP contribution in [0.1, 0.15) is 39.5 Å². The van der Waals surface area contributed by atoms with E-state index in [9.17, 15) is 0 Å². The zero-order chi connectivity index (χ0) is 11.1. The number of hydrogen-bond donors (Lipinski definition) is 1. The van der Waals surface area contributed by atoms with Crippen LogP contribution < -0.4 is 5.32 Å². The highest BCUT2D eigenvalue weighted by Gasteiger charge is 2.17. The Morgan fingerprint density at radius 2 is 2.27 bits per heavy atom. The van der Waals surface area contributed by atoms with Crippen LogP contribution in [-0.4, -0.2) is 36.8 Å². The zero-order valence-electron chi connectivity index (χ0n) is 10.3. The number of nitrogens with one attached hydrogen (secondary N) is 1. The molecule has 1 fully saturated rings. The van der Waals surface area contributed by atoms with E-state index >= 15 is 0 Å².